The van der Waals surface area contributed by atoms with E-state index < -0.39 is 30.5 Å². The summed E-state index contributed by atoms with van der Waals surface area (Å²) in [5, 5.41) is 6.38. The molecule has 2 aromatic heterocycles. The van der Waals surface area contributed by atoms with E-state index >= 15 is 0 Å². The quantitative estimate of drug-likeness (QED) is 0.487. The van der Waals surface area contributed by atoms with Crippen molar-refractivity contribution >= 4 is 17.6 Å². The number of halogens is 5. The van der Waals surface area contributed by atoms with Crippen LogP contribution in [0.15, 0.2) is 36.7 Å². The average Bonchev–Trinajstić information content (AvgIpc) is 3.14. The molecule has 3 rings (SSSR count). The van der Waals surface area contributed by atoms with Crippen LogP contribution in [0.5, 0.6) is 5.75 Å². The van der Waals surface area contributed by atoms with Crippen LogP contribution in [-0.2, 0) is 15.7 Å². The Morgan fingerprint density at radius 2 is 1.90 bits per heavy atom. The molecular weight excluding hydrogens is 405 g/mol. The number of rotatable bonds is 6. The Balaban J connectivity index is 1.99. The van der Waals surface area contributed by atoms with E-state index in [-0.39, 0.29) is 22.9 Å². The summed E-state index contributed by atoms with van der Waals surface area (Å²) >= 11 is 0. The number of anilines is 1. The molecule has 154 valence electrons. The van der Waals surface area contributed by atoms with Crippen LogP contribution in [0.25, 0.3) is 5.78 Å². The number of nitrogens with zero attached hydrogens (tertiary/aromatic N) is 4. The third kappa shape index (κ3) is 4.50. The van der Waals surface area contributed by atoms with E-state index in [4.69, 9.17) is 0 Å². The summed E-state index contributed by atoms with van der Waals surface area (Å²) in [6.07, 6.45) is -3.77. The van der Waals surface area contributed by atoms with Gasteiger partial charge in [0, 0.05) is 6.07 Å². The first-order valence-electron chi connectivity index (χ1n) is 7.86. The lowest BCUT2D eigenvalue weighted by atomic mass is 10.1. The number of benzene rings is 1. The molecule has 0 aliphatic heterocycles. The van der Waals surface area contributed by atoms with Gasteiger partial charge in [0.05, 0.1) is 7.11 Å². The van der Waals surface area contributed by atoms with Gasteiger partial charge in [-0.25, -0.2) is 9.78 Å². The van der Waals surface area contributed by atoms with Gasteiger partial charge in [0.2, 0.25) is 0 Å². The number of alkyl halides is 5. The van der Waals surface area contributed by atoms with Crippen molar-refractivity contribution < 1.29 is 36.2 Å². The molecule has 1 aromatic carbocycles. The second-order valence-electron chi connectivity index (χ2n) is 5.54. The number of ether oxygens (including phenoxy) is 2. The van der Waals surface area contributed by atoms with E-state index in [2.05, 4.69) is 29.9 Å². The van der Waals surface area contributed by atoms with Crippen molar-refractivity contribution in [3.8, 4) is 5.75 Å². The van der Waals surface area contributed by atoms with Crippen LogP contribution >= 0.6 is 0 Å². The summed E-state index contributed by atoms with van der Waals surface area (Å²) < 4.78 is 73.8. The largest absolute Gasteiger partial charge is 0.467 e. The standard InChI is InChI=1S/C16H12F5N5O3/c1-28-13(27)12(8-2-4-9(5-3-8)29-14(17)18)25-11-6-10(16(19,20)21)24-15-22-7-23-26(11)15/h2-7,12,14,25H,1H3. The summed E-state index contributed by atoms with van der Waals surface area (Å²) in [6.45, 7) is -3.03. The van der Waals surface area contributed by atoms with Crippen LogP contribution in [0.3, 0.4) is 0 Å². The number of carbonyl (C=O) groups is 1. The Morgan fingerprint density at radius 1 is 1.21 bits per heavy atom. The second-order valence-corrected chi connectivity index (χ2v) is 5.54. The number of aromatic nitrogens is 4. The SMILES string of the molecule is COC(=O)C(Nc1cc(C(F)(F)F)nc2ncnn12)c1ccc(OC(F)F)cc1. The smallest absolute Gasteiger partial charge is 0.433 e. The third-order valence-electron chi connectivity index (χ3n) is 3.71. The highest BCUT2D eigenvalue weighted by Gasteiger charge is 2.34. The van der Waals surface area contributed by atoms with Gasteiger partial charge in [-0.3, -0.25) is 0 Å². The Labute approximate surface area is 159 Å². The summed E-state index contributed by atoms with van der Waals surface area (Å²) in [5.41, 5.74) is -1.03. The maximum atomic E-state index is 13.1. The molecule has 0 fully saturated rings. The van der Waals surface area contributed by atoms with Gasteiger partial charge in [0.15, 0.2) is 11.7 Å². The maximum absolute atomic E-state index is 13.1. The molecule has 3 aromatic rings. The summed E-state index contributed by atoms with van der Waals surface area (Å²) in [7, 11) is 1.09. The molecule has 0 spiro atoms. The molecule has 0 amide bonds. The fraction of sp³-hybridized carbons (Fsp3) is 0.250. The number of methoxy groups -OCH3 is 1. The molecule has 0 bridgehead atoms. The van der Waals surface area contributed by atoms with Gasteiger partial charge in [0.25, 0.3) is 5.78 Å². The van der Waals surface area contributed by atoms with E-state index in [0.29, 0.717) is 6.07 Å². The Morgan fingerprint density at radius 3 is 2.48 bits per heavy atom. The minimum atomic E-state index is -4.76. The number of carbonyl (C=O) groups excluding carboxylic acids is 1. The van der Waals surface area contributed by atoms with E-state index in [9.17, 15) is 26.7 Å². The van der Waals surface area contributed by atoms with Gasteiger partial charge < -0.3 is 14.8 Å². The van der Waals surface area contributed by atoms with Gasteiger partial charge in [-0.05, 0) is 17.7 Å². The molecule has 0 saturated carbocycles. The second kappa shape index (κ2) is 7.85. The highest BCUT2D eigenvalue weighted by atomic mass is 19.4. The van der Waals surface area contributed by atoms with Gasteiger partial charge in [-0.15, -0.1) is 0 Å². The number of esters is 1. The molecule has 1 atom stereocenters. The lowest BCUT2D eigenvalue weighted by Crippen LogP contribution is -2.24. The van der Waals surface area contributed by atoms with Gasteiger partial charge in [-0.2, -0.15) is 36.6 Å². The van der Waals surface area contributed by atoms with Gasteiger partial charge in [0.1, 0.15) is 17.9 Å². The van der Waals surface area contributed by atoms with E-state index in [1.165, 1.54) is 24.3 Å². The normalized spacial score (nSPS) is 12.8. The molecule has 2 heterocycles. The van der Waals surface area contributed by atoms with Crippen LogP contribution in [0.2, 0.25) is 0 Å². The molecule has 8 nitrogen and oxygen atoms in total. The van der Waals surface area contributed by atoms with Crippen molar-refractivity contribution in [2.24, 2.45) is 0 Å². The molecular formula is C16H12F5N5O3. The number of hydrogen-bond donors (Lipinski definition) is 1. The highest BCUT2D eigenvalue weighted by molar-refractivity contribution is 5.80. The lowest BCUT2D eigenvalue weighted by Gasteiger charge is -2.19. The van der Waals surface area contributed by atoms with Crippen LogP contribution < -0.4 is 10.1 Å². The third-order valence-corrected chi connectivity index (χ3v) is 3.71. The predicted octanol–water partition coefficient (Wildman–Crippen LogP) is 3.07. The molecule has 13 heteroatoms. The maximum Gasteiger partial charge on any atom is 0.433 e. The van der Waals surface area contributed by atoms with Crippen LogP contribution in [0.1, 0.15) is 17.3 Å². The van der Waals surface area contributed by atoms with Gasteiger partial charge in [-0.1, -0.05) is 12.1 Å². The average molecular weight is 417 g/mol. The topological polar surface area (TPSA) is 90.6 Å². The fourth-order valence-electron chi connectivity index (χ4n) is 2.45. The van der Waals surface area contributed by atoms with Crippen molar-refractivity contribution in [1.82, 2.24) is 19.6 Å². The summed E-state index contributed by atoms with van der Waals surface area (Å²) in [6, 6.07) is 4.31. The minimum Gasteiger partial charge on any atom is -0.467 e. The first-order valence-corrected chi connectivity index (χ1v) is 7.86. The first kappa shape index (κ1) is 20.2. The molecule has 1 unspecified atom stereocenters. The van der Waals surface area contributed by atoms with Gasteiger partial charge >= 0.3 is 18.8 Å². The molecule has 29 heavy (non-hydrogen) atoms. The number of fused-ring (bicyclic) bond motifs is 1. The van der Waals surface area contributed by atoms with Crippen molar-refractivity contribution in [2.45, 2.75) is 18.8 Å². The number of nitrogens with one attached hydrogen (secondary N) is 1. The fourth-order valence-corrected chi connectivity index (χ4v) is 2.45. The zero-order valence-electron chi connectivity index (χ0n) is 14.5. The monoisotopic (exact) mass is 417 g/mol. The minimum absolute atomic E-state index is 0.158. The molecule has 0 aliphatic carbocycles. The summed E-state index contributed by atoms with van der Waals surface area (Å²) in [4.78, 5) is 19.2. The summed E-state index contributed by atoms with van der Waals surface area (Å²) in [5.74, 6) is -1.57. The molecule has 0 aliphatic rings. The van der Waals surface area contributed by atoms with Crippen LogP contribution in [0.4, 0.5) is 27.8 Å². The highest BCUT2D eigenvalue weighted by Crippen LogP contribution is 2.31. The molecule has 0 saturated heterocycles. The van der Waals surface area contributed by atoms with Crippen molar-refractivity contribution in [1.29, 1.82) is 0 Å². The Kier molecular flexibility index (Phi) is 5.48. The Hall–Kier alpha value is -3.51. The zero-order valence-corrected chi connectivity index (χ0v) is 14.5. The Bertz CT molecular complexity index is 1010. The van der Waals surface area contributed by atoms with Crippen LogP contribution in [0, 0.1) is 0 Å². The van der Waals surface area contributed by atoms with E-state index in [1.807, 2.05) is 0 Å². The van der Waals surface area contributed by atoms with Crippen molar-refractivity contribution in [3.05, 3.63) is 47.9 Å². The first-order chi connectivity index (χ1) is 13.7. The van der Waals surface area contributed by atoms with E-state index in [0.717, 1.165) is 18.0 Å². The van der Waals surface area contributed by atoms with Crippen molar-refractivity contribution in [3.63, 3.8) is 0 Å². The van der Waals surface area contributed by atoms with E-state index in [1.54, 1.807) is 0 Å². The van der Waals surface area contributed by atoms with Crippen LogP contribution in [-0.4, -0.2) is 39.3 Å². The predicted molar refractivity (Wildman–Crippen MR) is 87.2 cm³/mol. The number of hydrogen-bond acceptors (Lipinski definition) is 7. The zero-order chi connectivity index (χ0) is 21.2. The molecule has 1 N–H and O–H groups in total. The van der Waals surface area contributed by atoms with Crippen molar-refractivity contribution in [2.75, 3.05) is 12.4 Å². The molecule has 0 radical (unpaired) electrons. The lowest BCUT2D eigenvalue weighted by molar-refractivity contribution is -0.141.